The van der Waals surface area contributed by atoms with Crippen molar-refractivity contribution in [1.29, 1.82) is 0 Å². The number of nitrogens with one attached hydrogen (secondary N) is 2. The van der Waals surface area contributed by atoms with Crippen LogP contribution in [-0.4, -0.2) is 56.5 Å². The maximum Gasteiger partial charge on any atom is 0.534 e. The third-order valence-electron chi connectivity index (χ3n) is 11.0. The number of benzene rings is 2. The lowest BCUT2D eigenvalue weighted by atomic mass is 9.77. The lowest BCUT2D eigenvalue weighted by Crippen LogP contribution is -2.54. The summed E-state index contributed by atoms with van der Waals surface area (Å²) in [6, 6.07) is 11.2. The number of halogens is 3. The number of rotatable bonds is 11. The van der Waals surface area contributed by atoms with Crippen LogP contribution in [0.4, 0.5) is 13.2 Å². The van der Waals surface area contributed by atoms with Crippen LogP contribution < -0.4 is 14.8 Å². The number of nitrogens with zero attached hydrogens (tertiary/aromatic N) is 1. The van der Waals surface area contributed by atoms with Crippen molar-refractivity contribution in [1.82, 2.24) is 15.5 Å². The minimum Gasteiger partial charge on any atom is -0.383 e. The molecule has 3 aliphatic rings. The number of likely N-dealkylation sites (tertiary alicyclic amines) is 1. The molecule has 2 fully saturated rings. The summed E-state index contributed by atoms with van der Waals surface area (Å²) in [4.78, 5) is 15.9. The van der Waals surface area contributed by atoms with Crippen LogP contribution in [-0.2, 0) is 26.7 Å². The lowest BCUT2D eigenvalue weighted by Gasteiger charge is -2.35. The van der Waals surface area contributed by atoms with E-state index < -0.39 is 15.6 Å². The van der Waals surface area contributed by atoms with Crippen LogP contribution in [0.1, 0.15) is 96.3 Å². The summed E-state index contributed by atoms with van der Waals surface area (Å²) in [6.07, 6.45) is 9.02. The summed E-state index contributed by atoms with van der Waals surface area (Å²) in [5.41, 5.74) is -0.436. The molecule has 0 aromatic heterocycles. The molecular formula is C37H50F3N3O4S. The number of carbonyl (C=O) groups is 1. The highest BCUT2D eigenvalue weighted by atomic mass is 32.2. The van der Waals surface area contributed by atoms with Crippen LogP contribution in [0, 0.1) is 11.8 Å². The van der Waals surface area contributed by atoms with E-state index in [4.69, 9.17) is 4.18 Å². The number of hydrogen-bond acceptors (Lipinski definition) is 6. The SMILES string of the molecule is C/C=C(\NCC1C(C)CC(CC)N1C(=O)C(NC)C(C)C)c1ccc(-c2ccc(OS(=O)(=O)C(F)(F)F)c3c2C2(CCCC2)CC3)cc1. The molecular weight excluding hydrogens is 639 g/mol. The van der Waals surface area contributed by atoms with Gasteiger partial charge in [-0.15, -0.1) is 0 Å². The van der Waals surface area contributed by atoms with Crippen LogP contribution in [0.15, 0.2) is 42.5 Å². The first-order valence-corrected chi connectivity index (χ1v) is 18.8. The highest BCUT2D eigenvalue weighted by Crippen LogP contribution is 2.55. The van der Waals surface area contributed by atoms with Gasteiger partial charge in [-0.05, 0) is 98.1 Å². The Labute approximate surface area is 283 Å². The van der Waals surface area contributed by atoms with Crippen LogP contribution in [0.3, 0.4) is 0 Å². The van der Waals surface area contributed by atoms with E-state index in [0.717, 1.165) is 72.9 Å². The molecule has 4 atom stereocenters. The number of amides is 1. The van der Waals surface area contributed by atoms with Gasteiger partial charge in [-0.1, -0.05) is 76.9 Å². The average molecular weight is 690 g/mol. The van der Waals surface area contributed by atoms with Gasteiger partial charge in [0.15, 0.2) is 0 Å². The summed E-state index contributed by atoms with van der Waals surface area (Å²) < 4.78 is 68.3. The van der Waals surface area contributed by atoms with E-state index in [1.165, 1.54) is 6.07 Å². The van der Waals surface area contributed by atoms with E-state index in [1.54, 1.807) is 6.07 Å². The highest BCUT2D eigenvalue weighted by molar-refractivity contribution is 7.88. The van der Waals surface area contributed by atoms with E-state index in [1.807, 2.05) is 44.3 Å². The molecule has 4 unspecified atom stereocenters. The van der Waals surface area contributed by atoms with Crippen molar-refractivity contribution in [2.24, 2.45) is 11.8 Å². The molecule has 1 amide bonds. The van der Waals surface area contributed by atoms with Crippen molar-refractivity contribution in [3.63, 3.8) is 0 Å². The number of likely N-dealkylation sites (N-methyl/N-ethyl adjacent to an activating group) is 1. The second-order valence-electron chi connectivity index (χ2n) is 14.2. The molecule has 0 bridgehead atoms. The molecule has 1 aliphatic heterocycles. The number of carbonyl (C=O) groups excluding carboxylic acids is 1. The topological polar surface area (TPSA) is 87.7 Å². The van der Waals surface area contributed by atoms with E-state index in [-0.39, 0.29) is 41.1 Å². The Balaban J connectivity index is 1.40. The first-order chi connectivity index (χ1) is 22.7. The van der Waals surface area contributed by atoms with Crippen LogP contribution in [0.2, 0.25) is 0 Å². The molecule has 2 N–H and O–H groups in total. The second kappa shape index (κ2) is 14.1. The normalized spacial score (nSPS) is 23.2. The fourth-order valence-electron chi connectivity index (χ4n) is 8.58. The molecule has 0 radical (unpaired) electrons. The zero-order valence-corrected chi connectivity index (χ0v) is 29.7. The fraction of sp³-hybridized carbons (Fsp3) is 0.595. The number of alkyl halides is 3. The second-order valence-corrected chi connectivity index (χ2v) is 15.7. The predicted molar refractivity (Wildman–Crippen MR) is 184 cm³/mol. The minimum atomic E-state index is -5.78. The Hall–Kier alpha value is -3.05. The van der Waals surface area contributed by atoms with Gasteiger partial charge in [0.25, 0.3) is 0 Å². The van der Waals surface area contributed by atoms with Crippen molar-refractivity contribution >= 4 is 21.7 Å². The Morgan fingerprint density at radius 2 is 1.77 bits per heavy atom. The molecule has 1 heterocycles. The highest BCUT2D eigenvalue weighted by Gasteiger charge is 2.50. The first-order valence-electron chi connectivity index (χ1n) is 17.4. The summed E-state index contributed by atoms with van der Waals surface area (Å²) in [6.45, 7) is 11.1. The Morgan fingerprint density at radius 1 is 1.10 bits per heavy atom. The van der Waals surface area contributed by atoms with Gasteiger partial charge >= 0.3 is 15.6 Å². The smallest absolute Gasteiger partial charge is 0.383 e. The molecule has 2 aliphatic carbocycles. The molecule has 7 nitrogen and oxygen atoms in total. The molecule has 1 saturated carbocycles. The van der Waals surface area contributed by atoms with Gasteiger partial charge in [0.05, 0.1) is 12.1 Å². The molecule has 1 saturated heterocycles. The average Bonchev–Trinajstić information content (AvgIpc) is 3.75. The molecule has 1 spiro atoms. The molecule has 5 rings (SSSR count). The maximum absolute atomic E-state index is 13.7. The van der Waals surface area contributed by atoms with Crippen LogP contribution in [0.5, 0.6) is 5.75 Å². The zero-order chi connectivity index (χ0) is 35.0. The van der Waals surface area contributed by atoms with E-state index in [2.05, 4.69) is 43.2 Å². The van der Waals surface area contributed by atoms with E-state index in [0.29, 0.717) is 24.4 Å². The first kappa shape index (κ1) is 36.2. The molecule has 264 valence electrons. The summed E-state index contributed by atoms with van der Waals surface area (Å²) in [7, 11) is -3.93. The van der Waals surface area contributed by atoms with Gasteiger partial charge < -0.3 is 19.7 Å². The van der Waals surface area contributed by atoms with Gasteiger partial charge in [0.2, 0.25) is 5.91 Å². The third kappa shape index (κ3) is 6.73. The third-order valence-corrected chi connectivity index (χ3v) is 12.0. The summed E-state index contributed by atoms with van der Waals surface area (Å²) in [5.74, 6) is 0.456. The van der Waals surface area contributed by atoms with Crippen molar-refractivity contribution in [2.75, 3.05) is 13.6 Å². The monoisotopic (exact) mass is 689 g/mol. The maximum atomic E-state index is 13.7. The summed E-state index contributed by atoms with van der Waals surface area (Å²) >= 11 is 0. The largest absolute Gasteiger partial charge is 0.534 e. The van der Waals surface area contributed by atoms with Gasteiger partial charge in [-0.2, -0.15) is 21.6 Å². The van der Waals surface area contributed by atoms with Gasteiger partial charge in [0.1, 0.15) is 5.75 Å². The Bertz CT molecular complexity index is 1620. The van der Waals surface area contributed by atoms with Crippen LogP contribution >= 0.6 is 0 Å². The Morgan fingerprint density at radius 3 is 2.33 bits per heavy atom. The van der Waals surface area contributed by atoms with Gasteiger partial charge in [-0.3, -0.25) is 4.79 Å². The standard InChI is InChI=1S/C37H50F3N3O4S/c1-7-27-21-24(5)31(43(27)35(44)34(41-6)23(3)4)22-42-30(8-2)26-13-11-25(12-14-26)28-15-16-32(47-48(45,46)37(38,39)40)29-17-20-36(33(28)29)18-9-10-19-36/h8,11-16,23-24,27,31,34,41-42H,7,9-10,17-22H2,1-6H3/b30-8-. The summed E-state index contributed by atoms with van der Waals surface area (Å²) in [5, 5.41) is 6.86. The molecule has 2 aromatic carbocycles. The molecule has 2 aromatic rings. The van der Waals surface area contributed by atoms with Crippen molar-refractivity contribution in [2.45, 2.75) is 115 Å². The lowest BCUT2D eigenvalue weighted by molar-refractivity contribution is -0.137. The van der Waals surface area contributed by atoms with E-state index in [9.17, 15) is 26.4 Å². The van der Waals surface area contributed by atoms with Crippen molar-refractivity contribution < 1.29 is 30.6 Å². The van der Waals surface area contributed by atoms with Crippen molar-refractivity contribution in [3.8, 4) is 16.9 Å². The minimum absolute atomic E-state index is 0.0540. The van der Waals surface area contributed by atoms with E-state index >= 15 is 0 Å². The zero-order valence-electron chi connectivity index (χ0n) is 28.9. The molecule has 48 heavy (non-hydrogen) atoms. The van der Waals surface area contributed by atoms with Crippen LogP contribution in [0.25, 0.3) is 16.8 Å². The number of hydrogen-bond donors (Lipinski definition) is 2. The number of fused-ring (bicyclic) bond motifs is 2. The quantitative estimate of drug-likeness (QED) is 0.187. The Kier molecular flexibility index (Phi) is 10.6. The predicted octanol–water partition coefficient (Wildman–Crippen LogP) is 7.55. The van der Waals surface area contributed by atoms with Gasteiger partial charge in [0, 0.05) is 23.8 Å². The van der Waals surface area contributed by atoms with Gasteiger partial charge in [-0.25, -0.2) is 0 Å². The molecule has 11 heteroatoms. The number of allylic oxidation sites excluding steroid dienone is 1. The van der Waals surface area contributed by atoms with Crippen molar-refractivity contribution in [3.05, 3.63) is 59.2 Å². The fourth-order valence-corrected chi connectivity index (χ4v) is 9.06.